The summed E-state index contributed by atoms with van der Waals surface area (Å²) >= 11 is 1.55. The molecule has 2 aromatic heterocycles. The van der Waals surface area contributed by atoms with Crippen molar-refractivity contribution in [2.75, 3.05) is 49.5 Å². The van der Waals surface area contributed by atoms with Crippen molar-refractivity contribution in [1.82, 2.24) is 25.6 Å². The number of fused-ring (bicyclic) bond motifs is 1. The normalized spacial score (nSPS) is 22.8. The van der Waals surface area contributed by atoms with E-state index in [2.05, 4.69) is 25.8 Å². The molecule has 0 unspecified atom stereocenters. The molecule has 9 heteroatoms. The van der Waals surface area contributed by atoms with Crippen LogP contribution < -0.4 is 26.4 Å². The summed E-state index contributed by atoms with van der Waals surface area (Å²) in [5.74, 6) is 1.33. The highest BCUT2D eigenvalue weighted by Crippen LogP contribution is 2.37. The molecule has 0 saturated carbocycles. The number of nitrogens with zero attached hydrogens (tertiary/aromatic N) is 3. The van der Waals surface area contributed by atoms with Crippen molar-refractivity contribution in [3.63, 3.8) is 0 Å². The molecule has 1 aromatic carbocycles. The number of rotatable bonds is 4. The highest BCUT2D eigenvalue weighted by Gasteiger charge is 2.40. The van der Waals surface area contributed by atoms with Crippen LogP contribution in [0.3, 0.4) is 0 Å². The summed E-state index contributed by atoms with van der Waals surface area (Å²) in [4.78, 5) is 28.4. The fourth-order valence-electron chi connectivity index (χ4n) is 5.09. The van der Waals surface area contributed by atoms with E-state index in [9.17, 15) is 4.79 Å². The molecule has 3 aliphatic rings. The first kappa shape index (κ1) is 20.1. The molecule has 0 aliphatic carbocycles. The number of aromatic amines is 1. The Morgan fingerprint density at radius 1 is 1.12 bits per heavy atom. The fraction of sp³-hybridized carbons (Fsp3) is 0.522. The third kappa shape index (κ3) is 3.68. The Balaban J connectivity index is 1.37. The molecule has 3 aromatic rings. The molecule has 32 heavy (non-hydrogen) atoms. The molecule has 0 bridgehead atoms. The molecule has 5 heterocycles. The highest BCUT2D eigenvalue weighted by molar-refractivity contribution is 7.21. The molecule has 0 amide bonds. The molecule has 8 nitrogen and oxygen atoms in total. The third-order valence-corrected chi connectivity index (χ3v) is 8.23. The van der Waals surface area contributed by atoms with Gasteiger partial charge in [-0.15, -0.1) is 11.3 Å². The third-order valence-electron chi connectivity index (χ3n) is 7.18. The van der Waals surface area contributed by atoms with Gasteiger partial charge in [-0.3, -0.25) is 9.78 Å². The zero-order chi connectivity index (χ0) is 21.5. The Morgan fingerprint density at radius 2 is 1.97 bits per heavy atom. The first-order valence-corrected chi connectivity index (χ1v) is 12.4. The molecule has 0 radical (unpaired) electrons. The SMILES string of the molecule is O=c1[nH]c(N2CCC3(CC2)CNC3)nc(N[C@@H]2CCCNC2)c1-c1nc2ccccc2s1. The quantitative estimate of drug-likeness (QED) is 0.484. The summed E-state index contributed by atoms with van der Waals surface area (Å²) in [5, 5.41) is 11.2. The van der Waals surface area contributed by atoms with Crippen molar-refractivity contribution < 1.29 is 0 Å². The van der Waals surface area contributed by atoms with Gasteiger partial charge in [-0.05, 0) is 49.8 Å². The van der Waals surface area contributed by atoms with Gasteiger partial charge in [0.15, 0.2) is 0 Å². The van der Waals surface area contributed by atoms with Crippen LogP contribution in [0.2, 0.25) is 0 Å². The lowest BCUT2D eigenvalue weighted by atomic mass is 9.73. The Bertz CT molecular complexity index is 1140. The Hall–Kier alpha value is -2.49. The smallest absolute Gasteiger partial charge is 0.264 e. The Labute approximate surface area is 190 Å². The summed E-state index contributed by atoms with van der Waals surface area (Å²) in [6, 6.07) is 8.27. The van der Waals surface area contributed by atoms with Gasteiger partial charge in [0, 0.05) is 38.8 Å². The standard InChI is InChI=1S/C23H29N7OS/c31-20-18(21-27-16-5-1-2-6-17(16)32-21)19(26-15-4-3-9-24-12-15)28-22(29-20)30-10-7-23(8-11-30)13-25-14-23/h1-2,5-6,15,24-25H,3-4,7-14H2,(H2,26,28,29,31)/t15-/m1/s1. The van der Waals surface area contributed by atoms with Gasteiger partial charge in [-0.25, -0.2) is 4.98 Å². The van der Waals surface area contributed by atoms with Crippen molar-refractivity contribution in [3.05, 3.63) is 34.6 Å². The molecular formula is C23H29N7OS. The molecule has 1 spiro atoms. The number of benzene rings is 1. The van der Waals surface area contributed by atoms with Crippen LogP contribution in [0.25, 0.3) is 20.8 Å². The summed E-state index contributed by atoms with van der Waals surface area (Å²) in [6.45, 7) is 6.00. The Kier molecular flexibility index (Phi) is 5.12. The van der Waals surface area contributed by atoms with Gasteiger partial charge in [0.05, 0.1) is 10.2 Å². The van der Waals surface area contributed by atoms with Gasteiger partial charge in [0.2, 0.25) is 5.95 Å². The van der Waals surface area contributed by atoms with Crippen LogP contribution in [-0.4, -0.2) is 60.3 Å². The van der Waals surface area contributed by atoms with Gasteiger partial charge in [0.25, 0.3) is 5.56 Å². The maximum absolute atomic E-state index is 13.4. The molecule has 3 aliphatic heterocycles. The second kappa shape index (κ2) is 8.13. The molecule has 168 valence electrons. The molecule has 3 fully saturated rings. The molecule has 1 atom stereocenters. The van der Waals surface area contributed by atoms with E-state index in [0.717, 1.165) is 80.2 Å². The van der Waals surface area contributed by atoms with Crippen molar-refractivity contribution >= 4 is 33.3 Å². The molecule has 3 saturated heterocycles. The predicted octanol–water partition coefficient (Wildman–Crippen LogP) is 2.40. The lowest BCUT2D eigenvalue weighted by Crippen LogP contribution is -2.58. The van der Waals surface area contributed by atoms with Gasteiger partial charge in [-0.2, -0.15) is 4.98 Å². The fourth-order valence-corrected chi connectivity index (χ4v) is 6.10. The van der Waals surface area contributed by atoms with E-state index in [1.165, 1.54) is 0 Å². The van der Waals surface area contributed by atoms with Gasteiger partial charge < -0.3 is 20.9 Å². The second-order valence-corrected chi connectivity index (χ2v) is 10.4. The monoisotopic (exact) mass is 451 g/mol. The summed E-state index contributed by atoms with van der Waals surface area (Å²) < 4.78 is 1.08. The number of anilines is 2. The number of H-pyrrole nitrogens is 1. The van der Waals surface area contributed by atoms with Crippen molar-refractivity contribution in [1.29, 1.82) is 0 Å². The van der Waals surface area contributed by atoms with Crippen LogP contribution in [0, 0.1) is 5.41 Å². The van der Waals surface area contributed by atoms with E-state index in [1.807, 2.05) is 24.3 Å². The van der Waals surface area contributed by atoms with Crippen molar-refractivity contribution in [2.45, 2.75) is 31.7 Å². The number of thiazole rings is 1. The number of piperidine rings is 2. The van der Waals surface area contributed by atoms with Crippen LogP contribution >= 0.6 is 11.3 Å². The topological polar surface area (TPSA) is 98.0 Å². The van der Waals surface area contributed by atoms with Crippen LogP contribution in [0.5, 0.6) is 0 Å². The molecule has 6 rings (SSSR count). The lowest BCUT2D eigenvalue weighted by Gasteiger charge is -2.48. The van der Waals surface area contributed by atoms with E-state index in [4.69, 9.17) is 9.97 Å². The zero-order valence-electron chi connectivity index (χ0n) is 18.1. The number of hydrogen-bond donors (Lipinski definition) is 4. The van der Waals surface area contributed by atoms with Crippen LogP contribution in [0.15, 0.2) is 29.1 Å². The van der Waals surface area contributed by atoms with E-state index < -0.39 is 0 Å². The average molecular weight is 452 g/mol. The summed E-state index contributed by atoms with van der Waals surface area (Å²) in [7, 11) is 0. The molecular weight excluding hydrogens is 422 g/mol. The van der Waals surface area contributed by atoms with Crippen molar-refractivity contribution in [3.8, 4) is 10.6 Å². The van der Waals surface area contributed by atoms with E-state index >= 15 is 0 Å². The highest BCUT2D eigenvalue weighted by atomic mass is 32.1. The zero-order valence-corrected chi connectivity index (χ0v) is 18.9. The van der Waals surface area contributed by atoms with Gasteiger partial charge >= 0.3 is 0 Å². The Morgan fingerprint density at radius 3 is 2.69 bits per heavy atom. The second-order valence-electron chi connectivity index (χ2n) is 9.38. The first-order chi connectivity index (χ1) is 15.7. The van der Waals surface area contributed by atoms with Crippen molar-refractivity contribution in [2.24, 2.45) is 5.41 Å². The summed E-state index contributed by atoms with van der Waals surface area (Å²) in [6.07, 6.45) is 4.46. The lowest BCUT2D eigenvalue weighted by molar-refractivity contribution is 0.126. The van der Waals surface area contributed by atoms with E-state index in [0.29, 0.717) is 22.7 Å². The molecule has 4 N–H and O–H groups in total. The minimum atomic E-state index is -0.120. The van der Waals surface area contributed by atoms with Crippen LogP contribution in [-0.2, 0) is 0 Å². The minimum absolute atomic E-state index is 0.120. The number of para-hydroxylation sites is 1. The van der Waals surface area contributed by atoms with E-state index in [1.54, 1.807) is 11.3 Å². The minimum Gasteiger partial charge on any atom is -0.365 e. The maximum atomic E-state index is 13.4. The van der Waals surface area contributed by atoms with E-state index in [-0.39, 0.29) is 11.6 Å². The first-order valence-electron chi connectivity index (χ1n) is 11.6. The van der Waals surface area contributed by atoms with Gasteiger partial charge in [-0.1, -0.05) is 12.1 Å². The largest absolute Gasteiger partial charge is 0.365 e. The number of aromatic nitrogens is 3. The average Bonchev–Trinajstić information content (AvgIpc) is 3.22. The maximum Gasteiger partial charge on any atom is 0.264 e. The summed E-state index contributed by atoms with van der Waals surface area (Å²) in [5.41, 5.74) is 1.80. The van der Waals surface area contributed by atoms with Crippen LogP contribution in [0.1, 0.15) is 25.7 Å². The van der Waals surface area contributed by atoms with Crippen LogP contribution in [0.4, 0.5) is 11.8 Å². The van der Waals surface area contributed by atoms with Gasteiger partial charge in [0.1, 0.15) is 16.4 Å². The predicted molar refractivity (Wildman–Crippen MR) is 130 cm³/mol. The number of nitrogens with one attached hydrogen (secondary N) is 4. The number of hydrogen-bond acceptors (Lipinski definition) is 8.